The van der Waals surface area contributed by atoms with Crippen LogP contribution in [0, 0.1) is 0 Å². The van der Waals surface area contributed by atoms with Gasteiger partial charge in [-0.1, -0.05) is 164 Å². The Morgan fingerprint density at radius 1 is 0.552 bits per heavy atom. The zero-order valence-corrected chi connectivity index (χ0v) is 39.2. The maximum absolute atomic E-state index is 12.7. The molecule has 2 unspecified atom stereocenters. The fourth-order valence-electron chi connectivity index (χ4n) is 6.19. The number of phosphoric acid groups is 1. The van der Waals surface area contributed by atoms with Crippen LogP contribution in [0.5, 0.6) is 0 Å². The first-order valence-electron chi connectivity index (χ1n) is 23.5. The zero-order valence-electron chi connectivity index (χ0n) is 38.3. The first-order valence-corrected chi connectivity index (χ1v) is 25.0. The van der Waals surface area contributed by atoms with Crippen LogP contribution in [0.3, 0.4) is 0 Å². The van der Waals surface area contributed by atoms with Gasteiger partial charge >= 0.3 is 13.8 Å². The van der Waals surface area contributed by atoms with E-state index in [1.807, 2.05) is 21.1 Å². The second kappa shape index (κ2) is 41.9. The van der Waals surface area contributed by atoms with E-state index in [0.717, 1.165) is 70.6 Å². The molecule has 338 valence electrons. The summed E-state index contributed by atoms with van der Waals surface area (Å²) in [5.41, 5.74) is 0. The van der Waals surface area contributed by atoms with Gasteiger partial charge in [-0.25, -0.2) is 4.57 Å². The number of likely N-dealkylation sites (N-methyl/N-ethyl adjacent to an activating group) is 1. The molecular formula is C49H91NO7P+. The summed E-state index contributed by atoms with van der Waals surface area (Å²) in [6.45, 7) is 5.47. The van der Waals surface area contributed by atoms with Crippen LogP contribution in [0.2, 0.25) is 0 Å². The summed E-state index contributed by atoms with van der Waals surface area (Å²) in [5, 5.41) is 0. The Labute approximate surface area is 358 Å². The highest BCUT2D eigenvalue weighted by molar-refractivity contribution is 7.47. The van der Waals surface area contributed by atoms with E-state index in [9.17, 15) is 14.3 Å². The number of quaternary nitrogens is 1. The van der Waals surface area contributed by atoms with E-state index < -0.39 is 13.9 Å². The molecule has 0 aromatic rings. The summed E-state index contributed by atoms with van der Waals surface area (Å²) in [4.78, 5) is 22.9. The van der Waals surface area contributed by atoms with Crippen LogP contribution in [-0.2, 0) is 27.9 Å². The summed E-state index contributed by atoms with van der Waals surface area (Å²) in [6.07, 6.45) is 52.6. The highest BCUT2D eigenvalue weighted by Gasteiger charge is 2.26. The number of esters is 1. The van der Waals surface area contributed by atoms with E-state index in [1.54, 1.807) is 0 Å². The first kappa shape index (κ1) is 56.2. The number of unbranched alkanes of at least 4 members (excludes halogenated alkanes) is 19. The number of nitrogens with zero attached hydrogens (tertiary/aromatic N) is 1. The average molecular weight is 837 g/mol. The number of rotatable bonds is 43. The molecule has 1 N–H and O–H groups in total. The van der Waals surface area contributed by atoms with Gasteiger partial charge in [0, 0.05) is 13.0 Å². The normalized spacial score (nSPS) is 14.2. The molecule has 0 saturated heterocycles. The molecule has 0 aromatic heterocycles. The van der Waals surface area contributed by atoms with Gasteiger partial charge in [-0.3, -0.25) is 13.8 Å². The van der Waals surface area contributed by atoms with Crippen molar-refractivity contribution in [1.29, 1.82) is 0 Å². The molecule has 9 heteroatoms. The number of hydrogen-bond acceptors (Lipinski definition) is 6. The number of hydrogen-bond donors (Lipinski definition) is 1. The van der Waals surface area contributed by atoms with Crippen LogP contribution >= 0.6 is 7.82 Å². The van der Waals surface area contributed by atoms with Crippen molar-refractivity contribution in [2.45, 2.75) is 193 Å². The Kier molecular flexibility index (Phi) is 40.6. The maximum Gasteiger partial charge on any atom is 0.472 e. The van der Waals surface area contributed by atoms with E-state index in [0.29, 0.717) is 24.1 Å². The fourth-order valence-corrected chi connectivity index (χ4v) is 6.93. The predicted molar refractivity (Wildman–Crippen MR) is 247 cm³/mol. The molecule has 0 amide bonds. The van der Waals surface area contributed by atoms with E-state index in [-0.39, 0.29) is 25.8 Å². The lowest BCUT2D eigenvalue weighted by Gasteiger charge is -2.24. The summed E-state index contributed by atoms with van der Waals surface area (Å²) < 4.78 is 35.0. The largest absolute Gasteiger partial charge is 0.472 e. The van der Waals surface area contributed by atoms with Gasteiger partial charge in [0.05, 0.1) is 34.4 Å². The Balaban J connectivity index is 4.12. The molecule has 0 heterocycles. The Bertz CT molecular complexity index is 1110. The minimum atomic E-state index is -4.28. The highest BCUT2D eigenvalue weighted by atomic mass is 31.2. The van der Waals surface area contributed by atoms with Crippen LogP contribution in [0.25, 0.3) is 0 Å². The van der Waals surface area contributed by atoms with Crippen molar-refractivity contribution >= 4 is 13.8 Å². The molecule has 0 spiro atoms. The third kappa shape index (κ3) is 45.3. The Morgan fingerprint density at radius 3 is 1.52 bits per heavy atom. The number of phosphoric ester groups is 1. The molecule has 0 bridgehead atoms. The third-order valence-corrected chi connectivity index (χ3v) is 10.8. The summed E-state index contributed by atoms with van der Waals surface area (Å²) in [5.74, 6) is -0.326. The van der Waals surface area contributed by atoms with Gasteiger partial charge in [0.25, 0.3) is 0 Å². The molecule has 0 rings (SSSR count). The van der Waals surface area contributed by atoms with Gasteiger partial charge in [0.15, 0.2) is 0 Å². The second-order valence-electron chi connectivity index (χ2n) is 16.8. The third-order valence-electron chi connectivity index (χ3n) is 9.81. The van der Waals surface area contributed by atoms with Crippen molar-refractivity contribution in [1.82, 2.24) is 0 Å². The standard InChI is InChI=1S/C49H90NO7P/c1-6-8-10-12-14-16-18-20-21-22-23-24-25-26-27-28-29-30-31-33-35-37-39-41-44-54-46-48(47-56-58(52,53)55-45-43-50(3,4)5)57-49(51)42-40-38-36-34-32-19-17-15-13-11-9-7-2/h8,10,14-17,20-21,23-24,48H,6-7,9,11-13,18-19,22,25-47H2,1-5H3/p+1/b10-8-,16-14-,17-15-,21-20-,24-23-. The van der Waals surface area contributed by atoms with Crippen LogP contribution in [0.15, 0.2) is 60.8 Å². The monoisotopic (exact) mass is 837 g/mol. The number of allylic oxidation sites excluding steroid dienone is 10. The molecule has 0 aliphatic carbocycles. The van der Waals surface area contributed by atoms with Gasteiger partial charge in [-0.15, -0.1) is 0 Å². The highest BCUT2D eigenvalue weighted by Crippen LogP contribution is 2.43. The van der Waals surface area contributed by atoms with Crippen molar-refractivity contribution < 1.29 is 37.3 Å². The molecule has 0 aromatic carbocycles. The second-order valence-corrected chi connectivity index (χ2v) is 18.2. The Hall–Kier alpha value is -1.80. The van der Waals surface area contributed by atoms with Gasteiger partial charge in [-0.2, -0.15) is 0 Å². The van der Waals surface area contributed by atoms with Crippen LogP contribution in [0.4, 0.5) is 0 Å². The molecule has 0 radical (unpaired) electrons. The molecule has 2 atom stereocenters. The first-order chi connectivity index (χ1) is 28.1. The topological polar surface area (TPSA) is 91.3 Å². The SMILES string of the molecule is CC/C=C\C/C=C\C/C=C\C/C=C\CCCCCCCCCCCCCOCC(COP(=O)(O)OCC[N+](C)(C)C)OC(=O)CCCCCCC/C=C\CCCCC. The van der Waals surface area contributed by atoms with Gasteiger partial charge in [-0.05, 0) is 77.0 Å². The van der Waals surface area contributed by atoms with Crippen LogP contribution < -0.4 is 0 Å². The molecule has 58 heavy (non-hydrogen) atoms. The molecule has 0 saturated carbocycles. The van der Waals surface area contributed by atoms with Crippen molar-refractivity contribution in [2.24, 2.45) is 0 Å². The van der Waals surface area contributed by atoms with E-state index in [4.69, 9.17) is 18.5 Å². The number of carbonyl (C=O) groups excluding carboxylic acids is 1. The lowest BCUT2D eigenvalue weighted by Crippen LogP contribution is -2.37. The molecule has 0 fully saturated rings. The molecular weight excluding hydrogens is 746 g/mol. The smallest absolute Gasteiger partial charge is 0.457 e. The van der Waals surface area contributed by atoms with Crippen LogP contribution in [0.1, 0.15) is 187 Å². The number of carbonyl (C=O) groups is 1. The van der Waals surface area contributed by atoms with Crippen molar-refractivity contribution in [3.8, 4) is 0 Å². The fraction of sp³-hybridized carbons (Fsp3) is 0.776. The van der Waals surface area contributed by atoms with E-state index in [1.165, 1.54) is 96.3 Å². The Morgan fingerprint density at radius 2 is 1.00 bits per heavy atom. The lowest BCUT2D eigenvalue weighted by atomic mass is 10.1. The molecule has 0 aliphatic heterocycles. The van der Waals surface area contributed by atoms with Crippen molar-refractivity contribution in [2.75, 3.05) is 54.1 Å². The van der Waals surface area contributed by atoms with Crippen molar-refractivity contribution in [3.05, 3.63) is 60.8 Å². The van der Waals surface area contributed by atoms with Gasteiger partial charge in [0.2, 0.25) is 0 Å². The lowest BCUT2D eigenvalue weighted by molar-refractivity contribution is -0.870. The molecule has 8 nitrogen and oxygen atoms in total. The van der Waals surface area contributed by atoms with E-state index >= 15 is 0 Å². The minimum absolute atomic E-state index is 0.0846. The number of ether oxygens (including phenoxy) is 2. The molecule has 0 aliphatic rings. The summed E-state index contributed by atoms with van der Waals surface area (Å²) >= 11 is 0. The summed E-state index contributed by atoms with van der Waals surface area (Å²) in [6, 6.07) is 0. The van der Waals surface area contributed by atoms with Gasteiger partial charge < -0.3 is 18.9 Å². The minimum Gasteiger partial charge on any atom is -0.457 e. The summed E-state index contributed by atoms with van der Waals surface area (Å²) in [7, 11) is 1.65. The van der Waals surface area contributed by atoms with Gasteiger partial charge in [0.1, 0.15) is 19.3 Å². The van der Waals surface area contributed by atoms with E-state index in [2.05, 4.69) is 74.6 Å². The maximum atomic E-state index is 12.7. The van der Waals surface area contributed by atoms with Crippen LogP contribution in [-0.4, -0.2) is 75.6 Å². The van der Waals surface area contributed by atoms with Crippen molar-refractivity contribution in [3.63, 3.8) is 0 Å². The zero-order chi connectivity index (χ0) is 42.7. The average Bonchev–Trinajstić information content (AvgIpc) is 3.18. The quantitative estimate of drug-likeness (QED) is 0.0215. The predicted octanol–water partition coefficient (Wildman–Crippen LogP) is 14.1.